The zero-order chi connectivity index (χ0) is 20.3. The lowest BCUT2D eigenvalue weighted by atomic mass is 9.92. The third kappa shape index (κ3) is 5.29. The largest absolute Gasteiger partial charge is 0.388 e. The average molecular weight is 425 g/mol. The standard InChI is InChI=1S/C18H33ClN2O5S/c1-5-6-10-7-11(21(3)8-10)17(25)20-12(9(2)19)16-14(23)13(22)15(24)18(26-16)27-4/h9-16,18,22-24H,5-8H2,1-4H3,(H,20,25)/t9-,10-,11-,12+,13+,14-,15+,16+,18-/m1/s1. The van der Waals surface area contributed by atoms with Crippen LogP contribution < -0.4 is 5.32 Å². The first-order valence-electron chi connectivity index (χ1n) is 9.58. The predicted molar refractivity (Wildman–Crippen MR) is 107 cm³/mol. The van der Waals surface area contributed by atoms with E-state index in [2.05, 4.69) is 12.2 Å². The van der Waals surface area contributed by atoms with E-state index in [4.69, 9.17) is 16.3 Å². The summed E-state index contributed by atoms with van der Waals surface area (Å²) in [6.45, 7) is 4.74. The fourth-order valence-corrected chi connectivity index (χ4v) is 5.00. The Morgan fingerprint density at radius 1 is 1.33 bits per heavy atom. The molecule has 0 aromatic carbocycles. The molecule has 4 N–H and O–H groups in total. The topological polar surface area (TPSA) is 102 Å². The lowest BCUT2D eigenvalue weighted by molar-refractivity contribution is -0.205. The normalized spacial score (nSPS) is 39.9. The summed E-state index contributed by atoms with van der Waals surface area (Å²) in [4.78, 5) is 14.9. The Labute approximate surface area is 170 Å². The molecule has 0 aromatic heterocycles. The molecule has 9 heteroatoms. The number of halogens is 1. The van der Waals surface area contributed by atoms with E-state index in [9.17, 15) is 20.1 Å². The number of carbonyl (C=O) groups excluding carboxylic acids is 1. The number of likely N-dealkylation sites (N-methyl/N-ethyl adjacent to an activating group) is 1. The zero-order valence-corrected chi connectivity index (χ0v) is 18.0. The summed E-state index contributed by atoms with van der Waals surface area (Å²) in [7, 11) is 1.94. The number of hydrogen-bond acceptors (Lipinski definition) is 7. The molecule has 158 valence electrons. The van der Waals surface area contributed by atoms with Crippen LogP contribution in [0.5, 0.6) is 0 Å². The number of nitrogens with zero attached hydrogens (tertiary/aromatic N) is 1. The van der Waals surface area contributed by atoms with Crippen molar-refractivity contribution in [3.63, 3.8) is 0 Å². The first kappa shape index (κ1) is 23.2. The Kier molecular flexibility index (Phi) is 8.67. The molecule has 27 heavy (non-hydrogen) atoms. The summed E-state index contributed by atoms with van der Waals surface area (Å²) in [5.74, 6) is 0.350. The van der Waals surface area contributed by atoms with Crippen molar-refractivity contribution in [1.29, 1.82) is 0 Å². The molecular weight excluding hydrogens is 392 g/mol. The number of carbonyl (C=O) groups is 1. The predicted octanol–water partition coefficient (Wildman–Crippen LogP) is 0.390. The van der Waals surface area contributed by atoms with E-state index in [0.29, 0.717) is 5.92 Å². The fraction of sp³-hybridized carbons (Fsp3) is 0.944. The summed E-state index contributed by atoms with van der Waals surface area (Å²) in [5, 5.41) is 33.0. The van der Waals surface area contributed by atoms with Crippen molar-refractivity contribution in [2.24, 2.45) is 5.92 Å². The average Bonchev–Trinajstić information content (AvgIpc) is 2.99. The van der Waals surface area contributed by atoms with Gasteiger partial charge in [0.2, 0.25) is 5.91 Å². The van der Waals surface area contributed by atoms with E-state index in [0.717, 1.165) is 25.8 Å². The fourth-order valence-electron chi connectivity index (χ4n) is 4.11. The minimum absolute atomic E-state index is 0.147. The van der Waals surface area contributed by atoms with Gasteiger partial charge in [0.15, 0.2) is 0 Å². The molecule has 2 aliphatic rings. The van der Waals surface area contributed by atoms with Crippen LogP contribution in [0.2, 0.25) is 0 Å². The molecule has 2 heterocycles. The van der Waals surface area contributed by atoms with E-state index < -0.39 is 41.3 Å². The number of hydrogen-bond donors (Lipinski definition) is 4. The summed E-state index contributed by atoms with van der Waals surface area (Å²) < 4.78 is 5.79. The smallest absolute Gasteiger partial charge is 0.237 e. The van der Waals surface area contributed by atoms with Crippen molar-refractivity contribution in [3.8, 4) is 0 Å². The van der Waals surface area contributed by atoms with Crippen LogP contribution in [-0.2, 0) is 9.53 Å². The number of aliphatic hydroxyl groups is 3. The number of ether oxygens (including phenoxy) is 1. The van der Waals surface area contributed by atoms with Gasteiger partial charge in [-0.05, 0) is 39.0 Å². The molecule has 1 amide bonds. The van der Waals surface area contributed by atoms with Gasteiger partial charge in [0.05, 0.1) is 17.5 Å². The first-order chi connectivity index (χ1) is 12.7. The van der Waals surface area contributed by atoms with Crippen LogP contribution in [0.15, 0.2) is 0 Å². The maximum absolute atomic E-state index is 12.9. The molecule has 0 saturated carbocycles. The molecule has 2 saturated heterocycles. The number of thioether (sulfide) groups is 1. The van der Waals surface area contributed by atoms with Gasteiger partial charge in [-0.2, -0.15) is 0 Å². The highest BCUT2D eigenvalue weighted by atomic mass is 35.5. The van der Waals surface area contributed by atoms with Crippen LogP contribution in [0.4, 0.5) is 0 Å². The Balaban J connectivity index is 2.09. The molecule has 2 rings (SSSR count). The molecule has 0 unspecified atom stereocenters. The minimum Gasteiger partial charge on any atom is -0.388 e. The molecule has 0 spiro atoms. The van der Waals surface area contributed by atoms with Crippen molar-refractivity contribution < 1.29 is 24.9 Å². The maximum Gasteiger partial charge on any atom is 0.237 e. The molecule has 2 aliphatic heterocycles. The molecule has 0 bridgehead atoms. The summed E-state index contributed by atoms with van der Waals surface area (Å²) in [5.41, 5.74) is -0.702. The van der Waals surface area contributed by atoms with Gasteiger partial charge in [-0.3, -0.25) is 9.69 Å². The highest BCUT2D eigenvalue weighted by Gasteiger charge is 2.48. The van der Waals surface area contributed by atoms with E-state index in [1.807, 2.05) is 11.9 Å². The molecule has 0 radical (unpaired) electrons. The van der Waals surface area contributed by atoms with Crippen LogP contribution in [-0.4, -0.2) is 93.3 Å². The molecule has 9 atom stereocenters. The summed E-state index contributed by atoms with van der Waals surface area (Å²) >= 11 is 7.55. The molecule has 0 aromatic rings. The second kappa shape index (κ2) is 10.1. The number of nitrogens with one attached hydrogen (secondary N) is 1. The van der Waals surface area contributed by atoms with Crippen molar-refractivity contribution >= 4 is 29.3 Å². The third-order valence-electron chi connectivity index (χ3n) is 5.63. The number of likely N-dealkylation sites (tertiary alicyclic amines) is 1. The van der Waals surface area contributed by atoms with Gasteiger partial charge in [0.1, 0.15) is 29.9 Å². The Bertz CT molecular complexity index is 498. The molecule has 0 aliphatic carbocycles. The van der Waals surface area contributed by atoms with Crippen molar-refractivity contribution in [2.75, 3.05) is 19.8 Å². The van der Waals surface area contributed by atoms with Crippen LogP contribution in [0.25, 0.3) is 0 Å². The van der Waals surface area contributed by atoms with Gasteiger partial charge in [-0.15, -0.1) is 23.4 Å². The summed E-state index contributed by atoms with van der Waals surface area (Å²) in [6, 6.07) is -0.934. The van der Waals surface area contributed by atoms with Crippen LogP contribution in [0.3, 0.4) is 0 Å². The molecule has 2 fully saturated rings. The van der Waals surface area contributed by atoms with E-state index in [-0.39, 0.29) is 11.9 Å². The maximum atomic E-state index is 12.9. The SMILES string of the molecule is CCC[C@@H]1C[C@H](C(=O)N[C@H]([C@@H]2O[C@H](SC)[C@@H](O)[C@@H](O)[C@H]2O)[C@@H](C)Cl)N(C)C1. The number of aliphatic hydroxyl groups excluding tert-OH is 3. The van der Waals surface area contributed by atoms with E-state index in [1.54, 1.807) is 13.2 Å². The third-order valence-corrected chi connectivity index (χ3v) is 6.76. The zero-order valence-electron chi connectivity index (χ0n) is 16.4. The number of alkyl halides is 1. The number of amides is 1. The highest BCUT2D eigenvalue weighted by Crippen LogP contribution is 2.31. The van der Waals surface area contributed by atoms with Crippen LogP contribution in [0.1, 0.15) is 33.1 Å². The van der Waals surface area contributed by atoms with Gasteiger partial charge < -0.3 is 25.4 Å². The van der Waals surface area contributed by atoms with E-state index in [1.165, 1.54) is 11.8 Å². The highest BCUT2D eigenvalue weighted by molar-refractivity contribution is 7.99. The van der Waals surface area contributed by atoms with Crippen molar-refractivity contribution in [1.82, 2.24) is 10.2 Å². The second-order valence-corrected chi connectivity index (χ2v) is 9.36. The Morgan fingerprint density at radius 2 is 2.00 bits per heavy atom. The quantitative estimate of drug-likeness (QED) is 0.438. The lowest BCUT2D eigenvalue weighted by Gasteiger charge is -2.44. The van der Waals surface area contributed by atoms with Crippen molar-refractivity contribution in [3.05, 3.63) is 0 Å². The number of rotatable bonds is 7. The molecular formula is C18H33ClN2O5S. The molecule has 7 nitrogen and oxygen atoms in total. The van der Waals surface area contributed by atoms with E-state index >= 15 is 0 Å². The summed E-state index contributed by atoms with van der Waals surface area (Å²) in [6.07, 6.45) is -0.0980. The second-order valence-electron chi connectivity index (χ2n) is 7.73. The minimum atomic E-state index is -1.36. The Hall–Kier alpha value is -0.0900. The monoisotopic (exact) mass is 424 g/mol. The van der Waals surface area contributed by atoms with Gasteiger partial charge >= 0.3 is 0 Å². The first-order valence-corrected chi connectivity index (χ1v) is 11.3. The van der Waals surface area contributed by atoms with Gasteiger partial charge in [0.25, 0.3) is 0 Å². The van der Waals surface area contributed by atoms with Crippen molar-refractivity contribution in [2.45, 2.75) is 80.4 Å². The lowest BCUT2D eigenvalue weighted by Crippen LogP contribution is -2.65. The van der Waals surface area contributed by atoms with Crippen LogP contribution >= 0.6 is 23.4 Å². The van der Waals surface area contributed by atoms with Crippen LogP contribution in [0, 0.1) is 5.92 Å². The van der Waals surface area contributed by atoms with Gasteiger partial charge in [-0.25, -0.2) is 0 Å². The van der Waals surface area contributed by atoms with Gasteiger partial charge in [-0.1, -0.05) is 13.3 Å². The van der Waals surface area contributed by atoms with Gasteiger partial charge in [0, 0.05) is 6.54 Å². The Morgan fingerprint density at radius 3 is 2.56 bits per heavy atom.